The quantitative estimate of drug-likeness (QED) is 0.603. The maximum Gasteiger partial charge on any atom is 0.280 e. The van der Waals surface area contributed by atoms with Crippen molar-refractivity contribution in [2.75, 3.05) is 0 Å². The normalized spacial score (nSPS) is 10.8. The Kier molecular flexibility index (Phi) is 2.98. The van der Waals surface area contributed by atoms with Gasteiger partial charge in [0.25, 0.3) is 12.4 Å². The van der Waals surface area contributed by atoms with E-state index in [1.807, 2.05) is 0 Å². The number of halogens is 4. The summed E-state index contributed by atoms with van der Waals surface area (Å²) in [5, 5.41) is 8.80. The first kappa shape index (κ1) is 10.1. The van der Waals surface area contributed by atoms with Crippen LogP contribution in [0, 0.1) is 5.95 Å². The third-order valence-electron chi connectivity index (χ3n) is 1.42. The fourth-order valence-corrected chi connectivity index (χ4v) is 1.04. The molecule has 0 amide bonds. The van der Waals surface area contributed by atoms with E-state index in [-0.39, 0.29) is 11.4 Å². The lowest BCUT2D eigenvalue weighted by molar-refractivity contribution is 0.143. The predicted octanol–water partition coefficient (Wildman–Crippen LogP) is 2.60. The Morgan fingerprint density at radius 3 is 2.62 bits per heavy atom. The molecular weight excluding hydrogens is 207 g/mol. The van der Waals surface area contributed by atoms with E-state index in [1.165, 1.54) is 0 Å². The first-order valence-corrected chi connectivity index (χ1v) is 3.82. The van der Waals surface area contributed by atoms with Crippen LogP contribution in [0.4, 0.5) is 13.2 Å². The molecule has 6 heteroatoms. The fraction of sp³-hybridized carbons (Fsp3) is 0.286. The lowest BCUT2D eigenvalue weighted by atomic mass is 10.2. The molecule has 1 N–H and O–H groups in total. The van der Waals surface area contributed by atoms with Gasteiger partial charge in [-0.3, -0.25) is 0 Å². The van der Waals surface area contributed by atoms with Crippen LogP contribution in [0.3, 0.4) is 0 Å². The Balaban J connectivity index is 3.25. The van der Waals surface area contributed by atoms with Crippen LogP contribution in [0.15, 0.2) is 6.07 Å². The standard InChI is InChI=1S/C7H5ClF3NO/c8-2-3-1-4(13)7(11)12-5(3)6(9)10/h1,6,13H,2H2. The average Bonchev–Trinajstić information content (AvgIpc) is 2.08. The van der Waals surface area contributed by atoms with E-state index in [9.17, 15) is 13.2 Å². The highest BCUT2D eigenvalue weighted by molar-refractivity contribution is 6.17. The molecule has 0 spiro atoms. The van der Waals surface area contributed by atoms with Gasteiger partial charge in [-0.15, -0.1) is 11.6 Å². The third kappa shape index (κ3) is 2.03. The van der Waals surface area contributed by atoms with Crippen molar-refractivity contribution >= 4 is 11.6 Å². The second-order valence-corrected chi connectivity index (χ2v) is 2.54. The minimum absolute atomic E-state index is 0.0735. The number of pyridine rings is 1. The van der Waals surface area contributed by atoms with Gasteiger partial charge in [-0.05, 0) is 11.6 Å². The second kappa shape index (κ2) is 3.83. The number of hydrogen-bond donors (Lipinski definition) is 1. The van der Waals surface area contributed by atoms with Gasteiger partial charge in [0.1, 0.15) is 5.69 Å². The molecule has 72 valence electrons. The van der Waals surface area contributed by atoms with Crippen LogP contribution in [0.2, 0.25) is 0 Å². The molecule has 0 saturated heterocycles. The Morgan fingerprint density at radius 1 is 1.54 bits per heavy atom. The summed E-state index contributed by atoms with van der Waals surface area (Å²) < 4.78 is 36.8. The summed E-state index contributed by atoms with van der Waals surface area (Å²) in [6.45, 7) is 0. The summed E-state index contributed by atoms with van der Waals surface area (Å²) in [5.74, 6) is -2.34. The maximum atomic E-state index is 12.5. The Morgan fingerprint density at radius 2 is 2.15 bits per heavy atom. The van der Waals surface area contributed by atoms with Crippen molar-refractivity contribution in [2.45, 2.75) is 12.3 Å². The zero-order valence-corrected chi connectivity index (χ0v) is 7.02. The van der Waals surface area contributed by atoms with Crippen molar-refractivity contribution in [2.24, 2.45) is 0 Å². The molecule has 0 saturated carbocycles. The van der Waals surface area contributed by atoms with Gasteiger partial charge in [0, 0.05) is 5.88 Å². The summed E-state index contributed by atoms with van der Waals surface area (Å²) in [4.78, 5) is 2.89. The zero-order valence-electron chi connectivity index (χ0n) is 6.27. The highest BCUT2D eigenvalue weighted by atomic mass is 35.5. The van der Waals surface area contributed by atoms with E-state index in [0.717, 1.165) is 6.07 Å². The average molecular weight is 212 g/mol. The lowest BCUT2D eigenvalue weighted by Crippen LogP contribution is -1.99. The molecule has 1 rings (SSSR count). The summed E-state index contributed by atoms with van der Waals surface area (Å²) in [6, 6.07) is 0.844. The summed E-state index contributed by atoms with van der Waals surface area (Å²) in [7, 11) is 0. The van der Waals surface area contributed by atoms with E-state index in [4.69, 9.17) is 16.7 Å². The van der Waals surface area contributed by atoms with Gasteiger partial charge in [0.2, 0.25) is 0 Å². The fourth-order valence-electron chi connectivity index (χ4n) is 0.829. The SMILES string of the molecule is Oc1cc(CCl)c(C(F)F)nc1F. The van der Waals surface area contributed by atoms with Gasteiger partial charge in [0.05, 0.1) is 0 Å². The molecule has 0 atom stereocenters. The minimum Gasteiger partial charge on any atom is -0.504 e. The van der Waals surface area contributed by atoms with Crippen molar-refractivity contribution in [3.63, 3.8) is 0 Å². The molecule has 0 radical (unpaired) electrons. The van der Waals surface area contributed by atoms with Crippen molar-refractivity contribution in [3.05, 3.63) is 23.3 Å². The molecule has 13 heavy (non-hydrogen) atoms. The molecule has 0 aliphatic rings. The number of aromatic nitrogens is 1. The van der Waals surface area contributed by atoms with E-state index < -0.39 is 23.8 Å². The van der Waals surface area contributed by atoms with Gasteiger partial charge < -0.3 is 5.11 Å². The van der Waals surface area contributed by atoms with Crippen molar-refractivity contribution < 1.29 is 18.3 Å². The molecular formula is C7H5ClF3NO. The van der Waals surface area contributed by atoms with Gasteiger partial charge >= 0.3 is 0 Å². The predicted molar refractivity (Wildman–Crippen MR) is 40.4 cm³/mol. The molecule has 0 fully saturated rings. The summed E-state index contributed by atoms with van der Waals surface area (Å²) in [6.07, 6.45) is -2.90. The number of hydrogen-bond acceptors (Lipinski definition) is 2. The Labute approximate surface area is 77.0 Å². The van der Waals surface area contributed by atoms with E-state index in [2.05, 4.69) is 4.98 Å². The van der Waals surface area contributed by atoms with Crippen LogP contribution in [-0.2, 0) is 5.88 Å². The molecule has 1 heterocycles. The molecule has 0 bridgehead atoms. The number of rotatable bonds is 2. The van der Waals surface area contributed by atoms with E-state index in [1.54, 1.807) is 0 Å². The summed E-state index contributed by atoms with van der Waals surface area (Å²) in [5.41, 5.74) is -0.805. The third-order valence-corrected chi connectivity index (χ3v) is 1.71. The molecule has 2 nitrogen and oxygen atoms in total. The van der Waals surface area contributed by atoms with Gasteiger partial charge in [-0.1, -0.05) is 0 Å². The monoisotopic (exact) mass is 211 g/mol. The number of aromatic hydroxyl groups is 1. The molecule has 0 unspecified atom stereocenters. The largest absolute Gasteiger partial charge is 0.504 e. The van der Waals surface area contributed by atoms with Crippen molar-refractivity contribution in [1.82, 2.24) is 4.98 Å². The van der Waals surface area contributed by atoms with Crippen molar-refractivity contribution in [1.29, 1.82) is 0 Å². The zero-order chi connectivity index (χ0) is 10.0. The van der Waals surface area contributed by atoms with Crippen LogP contribution >= 0.6 is 11.6 Å². The molecule has 0 aromatic carbocycles. The maximum absolute atomic E-state index is 12.5. The molecule has 1 aromatic rings. The van der Waals surface area contributed by atoms with Gasteiger partial charge in [-0.25, -0.2) is 13.8 Å². The smallest absolute Gasteiger partial charge is 0.280 e. The van der Waals surface area contributed by atoms with Crippen LogP contribution in [0.1, 0.15) is 17.7 Å². The van der Waals surface area contributed by atoms with E-state index >= 15 is 0 Å². The Hall–Kier alpha value is -0.970. The topological polar surface area (TPSA) is 33.1 Å². The lowest BCUT2D eigenvalue weighted by Gasteiger charge is -2.05. The van der Waals surface area contributed by atoms with E-state index in [0.29, 0.717) is 0 Å². The van der Waals surface area contributed by atoms with Gasteiger partial charge in [0.15, 0.2) is 5.75 Å². The summed E-state index contributed by atoms with van der Waals surface area (Å²) >= 11 is 5.29. The molecule has 0 aliphatic heterocycles. The van der Waals surface area contributed by atoms with Gasteiger partial charge in [-0.2, -0.15) is 4.39 Å². The number of nitrogens with zero attached hydrogens (tertiary/aromatic N) is 1. The highest BCUT2D eigenvalue weighted by Crippen LogP contribution is 2.26. The second-order valence-electron chi connectivity index (χ2n) is 2.28. The minimum atomic E-state index is -2.90. The van der Waals surface area contributed by atoms with Crippen LogP contribution in [0.25, 0.3) is 0 Å². The van der Waals surface area contributed by atoms with Crippen LogP contribution in [0.5, 0.6) is 5.75 Å². The molecule has 0 aliphatic carbocycles. The first-order valence-electron chi connectivity index (χ1n) is 3.28. The van der Waals surface area contributed by atoms with Crippen LogP contribution < -0.4 is 0 Å². The number of alkyl halides is 3. The first-order chi connectivity index (χ1) is 6.06. The van der Waals surface area contributed by atoms with Crippen molar-refractivity contribution in [3.8, 4) is 5.75 Å². The van der Waals surface area contributed by atoms with Crippen LogP contribution in [-0.4, -0.2) is 10.1 Å². The highest BCUT2D eigenvalue weighted by Gasteiger charge is 2.17. The molecule has 1 aromatic heterocycles. The Bertz CT molecular complexity index is 319.